The Morgan fingerprint density at radius 1 is 1.37 bits per heavy atom. The molecule has 0 bridgehead atoms. The summed E-state index contributed by atoms with van der Waals surface area (Å²) in [6.07, 6.45) is 0.524. The standard InChI is InChI=1S/C21H25FN2O6/c1-21(2)28-12-18(30-21)19(26)23-7-5-13(6-8-23)16-4-3-14(9-17(16)22)24-10-15(11-25)29-20(24)27/h3-5,9,15,18,25H,6-8,10-12H2,1-2H3/t15-,18+/m1/s1. The fraction of sp³-hybridized carbons (Fsp3) is 0.524. The molecule has 30 heavy (non-hydrogen) atoms. The van der Waals surface area contributed by atoms with E-state index >= 15 is 0 Å². The quantitative estimate of drug-likeness (QED) is 0.801. The molecule has 2 amide bonds. The van der Waals surface area contributed by atoms with Crippen LogP contribution in [0.4, 0.5) is 14.9 Å². The minimum atomic E-state index is -0.763. The van der Waals surface area contributed by atoms with Crippen LogP contribution in [0.3, 0.4) is 0 Å². The average molecular weight is 420 g/mol. The van der Waals surface area contributed by atoms with Crippen LogP contribution >= 0.6 is 0 Å². The molecule has 0 radical (unpaired) electrons. The van der Waals surface area contributed by atoms with Gasteiger partial charge in [-0.2, -0.15) is 0 Å². The van der Waals surface area contributed by atoms with Crippen LogP contribution in [0.5, 0.6) is 0 Å². The Bertz CT molecular complexity index is 886. The lowest BCUT2D eigenvalue weighted by Crippen LogP contribution is -2.43. The number of aliphatic hydroxyl groups is 1. The Labute approximate surface area is 173 Å². The second-order valence-electron chi connectivity index (χ2n) is 8.04. The number of halogens is 1. The molecule has 0 spiro atoms. The van der Waals surface area contributed by atoms with Crippen LogP contribution < -0.4 is 4.90 Å². The molecule has 2 atom stereocenters. The number of ether oxygens (including phenoxy) is 3. The second-order valence-corrected chi connectivity index (χ2v) is 8.04. The van der Waals surface area contributed by atoms with Crippen LogP contribution in [0.1, 0.15) is 25.8 Å². The molecule has 2 saturated heterocycles. The van der Waals surface area contributed by atoms with Crippen molar-refractivity contribution in [3.8, 4) is 0 Å². The molecule has 4 rings (SSSR count). The Morgan fingerprint density at radius 2 is 2.17 bits per heavy atom. The summed E-state index contributed by atoms with van der Waals surface area (Å²) < 4.78 is 30.9. The molecule has 3 aliphatic rings. The van der Waals surface area contributed by atoms with Crippen LogP contribution in [0.25, 0.3) is 5.57 Å². The first-order valence-electron chi connectivity index (χ1n) is 9.96. The van der Waals surface area contributed by atoms with Crippen molar-refractivity contribution in [3.05, 3.63) is 35.7 Å². The molecular weight excluding hydrogens is 395 g/mol. The van der Waals surface area contributed by atoms with E-state index in [-0.39, 0.29) is 25.7 Å². The number of anilines is 1. The van der Waals surface area contributed by atoms with Crippen LogP contribution in [0, 0.1) is 5.82 Å². The topological polar surface area (TPSA) is 88.5 Å². The molecule has 0 aliphatic carbocycles. The van der Waals surface area contributed by atoms with Gasteiger partial charge in [0.1, 0.15) is 11.9 Å². The predicted octanol–water partition coefficient (Wildman–Crippen LogP) is 1.91. The van der Waals surface area contributed by atoms with Gasteiger partial charge in [0, 0.05) is 18.7 Å². The van der Waals surface area contributed by atoms with E-state index in [1.54, 1.807) is 30.9 Å². The fourth-order valence-electron chi connectivity index (χ4n) is 3.89. The van der Waals surface area contributed by atoms with Gasteiger partial charge in [-0.25, -0.2) is 9.18 Å². The number of cyclic esters (lactones) is 1. The van der Waals surface area contributed by atoms with E-state index < -0.39 is 29.9 Å². The van der Waals surface area contributed by atoms with Gasteiger partial charge in [-0.1, -0.05) is 6.08 Å². The summed E-state index contributed by atoms with van der Waals surface area (Å²) in [5.41, 5.74) is 1.63. The van der Waals surface area contributed by atoms with Gasteiger partial charge >= 0.3 is 6.09 Å². The highest BCUT2D eigenvalue weighted by molar-refractivity contribution is 5.90. The maximum atomic E-state index is 14.8. The fourth-order valence-corrected chi connectivity index (χ4v) is 3.89. The number of amides is 2. The lowest BCUT2D eigenvalue weighted by atomic mass is 9.98. The van der Waals surface area contributed by atoms with Gasteiger partial charge in [0.05, 0.1) is 25.4 Å². The lowest BCUT2D eigenvalue weighted by Gasteiger charge is -2.29. The van der Waals surface area contributed by atoms with E-state index in [0.29, 0.717) is 30.8 Å². The summed E-state index contributed by atoms with van der Waals surface area (Å²) in [6.45, 7) is 4.50. The highest BCUT2D eigenvalue weighted by Gasteiger charge is 2.39. The van der Waals surface area contributed by atoms with Crippen LogP contribution in [-0.4, -0.2) is 72.8 Å². The van der Waals surface area contributed by atoms with Crippen molar-refractivity contribution in [1.82, 2.24) is 4.90 Å². The number of nitrogens with zero attached hydrogens (tertiary/aromatic N) is 2. The molecule has 3 aliphatic heterocycles. The number of aliphatic hydroxyl groups excluding tert-OH is 1. The van der Waals surface area contributed by atoms with Crippen LogP contribution in [0.15, 0.2) is 24.3 Å². The molecule has 1 aromatic rings. The molecular formula is C21H25FN2O6. The molecule has 1 aromatic carbocycles. The van der Waals surface area contributed by atoms with Gasteiger partial charge in [-0.05, 0) is 44.0 Å². The normalized spacial score (nSPS) is 26.0. The van der Waals surface area contributed by atoms with Crippen molar-refractivity contribution < 1.29 is 33.3 Å². The second kappa shape index (κ2) is 7.98. The minimum Gasteiger partial charge on any atom is -0.441 e. The number of carbonyl (C=O) groups is 2. The molecule has 0 saturated carbocycles. The Morgan fingerprint density at radius 3 is 2.73 bits per heavy atom. The zero-order chi connectivity index (χ0) is 21.5. The Hall–Kier alpha value is -2.49. The van der Waals surface area contributed by atoms with Gasteiger partial charge in [-0.3, -0.25) is 9.69 Å². The first kappa shape index (κ1) is 20.8. The molecule has 8 nitrogen and oxygen atoms in total. The molecule has 9 heteroatoms. The maximum Gasteiger partial charge on any atom is 0.414 e. The first-order valence-corrected chi connectivity index (χ1v) is 9.96. The Balaban J connectivity index is 1.43. The molecule has 2 fully saturated rings. The van der Waals surface area contributed by atoms with Gasteiger partial charge < -0.3 is 24.2 Å². The average Bonchev–Trinajstić information content (AvgIpc) is 3.29. The highest BCUT2D eigenvalue weighted by atomic mass is 19.1. The van der Waals surface area contributed by atoms with E-state index in [4.69, 9.17) is 19.3 Å². The van der Waals surface area contributed by atoms with Crippen LogP contribution in [0.2, 0.25) is 0 Å². The highest BCUT2D eigenvalue weighted by Crippen LogP contribution is 2.30. The van der Waals surface area contributed by atoms with Crippen molar-refractivity contribution in [2.45, 2.75) is 38.3 Å². The summed E-state index contributed by atoms with van der Waals surface area (Å²) in [4.78, 5) is 27.5. The third-order valence-electron chi connectivity index (χ3n) is 5.49. The monoisotopic (exact) mass is 420 g/mol. The van der Waals surface area contributed by atoms with Crippen molar-refractivity contribution in [2.75, 3.05) is 37.7 Å². The molecule has 162 valence electrons. The molecule has 0 aromatic heterocycles. The summed E-state index contributed by atoms with van der Waals surface area (Å²) in [6, 6.07) is 4.58. The van der Waals surface area contributed by atoms with E-state index in [1.165, 1.54) is 11.0 Å². The summed E-state index contributed by atoms with van der Waals surface area (Å²) in [7, 11) is 0. The number of benzene rings is 1. The third-order valence-corrected chi connectivity index (χ3v) is 5.49. The SMILES string of the molecule is CC1(C)OC[C@@H](C(=O)N2CC=C(c3ccc(N4C[C@H](CO)OC4=O)cc3F)CC2)O1. The lowest BCUT2D eigenvalue weighted by molar-refractivity contribution is -0.159. The number of hydrogen-bond donors (Lipinski definition) is 1. The van der Waals surface area contributed by atoms with Gasteiger partial charge in [0.25, 0.3) is 5.91 Å². The largest absolute Gasteiger partial charge is 0.441 e. The number of carbonyl (C=O) groups excluding carboxylic acids is 2. The molecule has 0 unspecified atom stereocenters. The van der Waals surface area contributed by atoms with E-state index in [0.717, 1.165) is 5.57 Å². The zero-order valence-corrected chi connectivity index (χ0v) is 17.0. The summed E-state index contributed by atoms with van der Waals surface area (Å²) in [5, 5.41) is 9.14. The Kier molecular flexibility index (Phi) is 5.52. The number of rotatable bonds is 4. The summed E-state index contributed by atoms with van der Waals surface area (Å²) >= 11 is 0. The van der Waals surface area contributed by atoms with Gasteiger partial charge in [0.15, 0.2) is 11.9 Å². The number of hydrogen-bond acceptors (Lipinski definition) is 6. The van der Waals surface area contributed by atoms with E-state index in [9.17, 15) is 14.0 Å². The smallest absolute Gasteiger partial charge is 0.414 e. The van der Waals surface area contributed by atoms with Crippen molar-refractivity contribution in [1.29, 1.82) is 0 Å². The van der Waals surface area contributed by atoms with Gasteiger partial charge in [-0.15, -0.1) is 0 Å². The summed E-state index contributed by atoms with van der Waals surface area (Å²) in [5.74, 6) is -1.34. The zero-order valence-electron chi connectivity index (χ0n) is 17.0. The van der Waals surface area contributed by atoms with Crippen molar-refractivity contribution >= 4 is 23.3 Å². The van der Waals surface area contributed by atoms with Crippen LogP contribution in [-0.2, 0) is 19.0 Å². The van der Waals surface area contributed by atoms with Gasteiger partial charge in [0.2, 0.25) is 0 Å². The minimum absolute atomic E-state index is 0.127. The maximum absolute atomic E-state index is 14.8. The first-order chi connectivity index (χ1) is 14.3. The van der Waals surface area contributed by atoms with Crippen molar-refractivity contribution in [3.63, 3.8) is 0 Å². The molecule has 1 N–H and O–H groups in total. The van der Waals surface area contributed by atoms with Crippen molar-refractivity contribution in [2.24, 2.45) is 0 Å². The van der Waals surface area contributed by atoms with E-state index in [1.807, 2.05) is 6.08 Å². The third kappa shape index (κ3) is 4.05. The van der Waals surface area contributed by atoms with E-state index in [2.05, 4.69) is 0 Å². The predicted molar refractivity (Wildman–Crippen MR) is 105 cm³/mol. The molecule has 3 heterocycles.